The van der Waals surface area contributed by atoms with Crippen molar-refractivity contribution in [2.45, 2.75) is 52.9 Å². The lowest BCUT2D eigenvalue weighted by Crippen LogP contribution is -2.37. The van der Waals surface area contributed by atoms with Gasteiger partial charge in [0.15, 0.2) is 0 Å². The average molecular weight is 534 g/mol. The van der Waals surface area contributed by atoms with E-state index in [0.29, 0.717) is 12.5 Å². The summed E-state index contributed by atoms with van der Waals surface area (Å²) in [6.07, 6.45) is 0.442. The largest absolute Gasteiger partial charge is 0.445 e. The third kappa shape index (κ3) is 6.12. The fraction of sp³-hybridized carbons (Fsp3) is 0.310. The third-order valence-corrected chi connectivity index (χ3v) is 6.55. The Morgan fingerprint density at radius 3 is 2.29 bits per heavy atom. The van der Waals surface area contributed by atoms with Crippen LogP contribution in [0.25, 0.3) is 11.0 Å². The maximum atomic E-state index is 13.6. The number of hydrogen-bond acceptors (Lipinski definition) is 3. The molecule has 0 fully saturated rings. The second-order valence-electron chi connectivity index (χ2n) is 9.15. The molecule has 0 aliphatic carbocycles. The number of rotatable bonds is 9. The molecule has 0 unspecified atom stereocenters. The first-order valence-electron chi connectivity index (χ1n) is 12.1. The molecule has 3 aromatic carbocycles. The standard InChI is InChI=1S/C29H32BrN3O2/c1-4-32-26-16-15-24(30)18-25(26)31-28(32)27(17-21(2)3)33(19-22-11-7-5-8-12-22)29(34)35-20-23-13-9-6-10-14-23/h5-16,18,21,27H,4,17,19-20H2,1-3H3/t27-/m1/s1. The second kappa shape index (κ2) is 11.5. The Morgan fingerprint density at radius 2 is 1.66 bits per heavy atom. The van der Waals surface area contributed by atoms with Crippen LogP contribution in [0.1, 0.15) is 50.2 Å². The SMILES string of the molecule is CCn1c([C@@H](CC(C)C)N(Cc2ccccc2)C(=O)OCc2ccccc2)nc2cc(Br)ccc21. The molecule has 5 nitrogen and oxygen atoms in total. The summed E-state index contributed by atoms with van der Waals surface area (Å²) in [5.41, 5.74) is 4.01. The predicted molar refractivity (Wildman–Crippen MR) is 144 cm³/mol. The fourth-order valence-electron chi connectivity index (χ4n) is 4.41. The van der Waals surface area contributed by atoms with Crippen molar-refractivity contribution in [1.29, 1.82) is 0 Å². The first-order chi connectivity index (χ1) is 17.0. The molecule has 1 heterocycles. The van der Waals surface area contributed by atoms with Crippen LogP contribution in [-0.4, -0.2) is 20.5 Å². The van der Waals surface area contributed by atoms with E-state index in [-0.39, 0.29) is 18.7 Å². The molecule has 0 saturated carbocycles. The molecule has 1 atom stereocenters. The molecule has 0 radical (unpaired) electrons. The lowest BCUT2D eigenvalue weighted by molar-refractivity contribution is 0.0694. The number of amides is 1. The Kier molecular flexibility index (Phi) is 8.24. The number of benzene rings is 3. The van der Waals surface area contributed by atoms with Gasteiger partial charge in [-0.1, -0.05) is 90.4 Å². The minimum atomic E-state index is -0.334. The normalized spacial score (nSPS) is 12.1. The topological polar surface area (TPSA) is 47.4 Å². The lowest BCUT2D eigenvalue weighted by atomic mass is 10.0. The van der Waals surface area contributed by atoms with Crippen molar-refractivity contribution in [3.63, 3.8) is 0 Å². The summed E-state index contributed by atoms with van der Waals surface area (Å²) in [5, 5.41) is 0. The van der Waals surface area contributed by atoms with E-state index in [1.54, 1.807) is 0 Å². The highest BCUT2D eigenvalue weighted by Crippen LogP contribution is 2.33. The Balaban J connectivity index is 1.74. The third-order valence-electron chi connectivity index (χ3n) is 6.06. The monoisotopic (exact) mass is 533 g/mol. The van der Waals surface area contributed by atoms with Crippen LogP contribution in [0.5, 0.6) is 0 Å². The van der Waals surface area contributed by atoms with Gasteiger partial charge in [0.2, 0.25) is 0 Å². The van der Waals surface area contributed by atoms with Crippen LogP contribution in [0.15, 0.2) is 83.3 Å². The summed E-state index contributed by atoms with van der Waals surface area (Å²) >= 11 is 3.57. The summed E-state index contributed by atoms with van der Waals surface area (Å²) in [5.74, 6) is 1.25. The molecular formula is C29H32BrN3O2. The average Bonchev–Trinajstić information content (AvgIpc) is 3.23. The number of ether oxygens (including phenoxy) is 1. The van der Waals surface area contributed by atoms with Gasteiger partial charge in [-0.15, -0.1) is 0 Å². The molecule has 0 N–H and O–H groups in total. The Labute approximate surface area is 215 Å². The van der Waals surface area contributed by atoms with Gasteiger partial charge in [0.25, 0.3) is 0 Å². The Hall–Kier alpha value is -3.12. The van der Waals surface area contributed by atoms with Crippen molar-refractivity contribution in [2.75, 3.05) is 0 Å². The summed E-state index contributed by atoms with van der Waals surface area (Å²) < 4.78 is 9.06. The molecule has 182 valence electrons. The van der Waals surface area contributed by atoms with Crippen LogP contribution < -0.4 is 0 Å². The lowest BCUT2D eigenvalue weighted by Gasteiger charge is -2.32. The summed E-state index contributed by atoms with van der Waals surface area (Å²) in [6.45, 7) is 7.92. The van der Waals surface area contributed by atoms with Crippen molar-refractivity contribution >= 4 is 33.1 Å². The van der Waals surface area contributed by atoms with Crippen molar-refractivity contribution in [3.8, 4) is 0 Å². The van der Waals surface area contributed by atoms with E-state index in [2.05, 4.69) is 47.3 Å². The number of aryl methyl sites for hydroxylation is 1. The molecule has 0 spiro atoms. The molecule has 0 bridgehead atoms. The van der Waals surface area contributed by atoms with Crippen LogP contribution in [-0.2, 0) is 24.4 Å². The van der Waals surface area contributed by atoms with E-state index >= 15 is 0 Å². The maximum Gasteiger partial charge on any atom is 0.411 e. The van der Waals surface area contributed by atoms with Gasteiger partial charge in [-0.05, 0) is 48.6 Å². The van der Waals surface area contributed by atoms with E-state index in [1.807, 2.05) is 77.7 Å². The fourth-order valence-corrected chi connectivity index (χ4v) is 4.76. The quantitative estimate of drug-likeness (QED) is 0.221. The zero-order valence-corrected chi connectivity index (χ0v) is 22.1. The van der Waals surface area contributed by atoms with Crippen LogP contribution >= 0.6 is 15.9 Å². The molecule has 0 aliphatic rings. The number of hydrogen-bond donors (Lipinski definition) is 0. The second-order valence-corrected chi connectivity index (χ2v) is 10.1. The van der Waals surface area contributed by atoms with Crippen molar-refractivity contribution in [3.05, 3.63) is 100 Å². The van der Waals surface area contributed by atoms with Crippen LogP contribution in [0.2, 0.25) is 0 Å². The summed E-state index contributed by atoms with van der Waals surface area (Å²) in [4.78, 5) is 20.5. The summed E-state index contributed by atoms with van der Waals surface area (Å²) in [6, 6.07) is 25.8. The van der Waals surface area contributed by atoms with Gasteiger partial charge in [0.1, 0.15) is 12.4 Å². The molecule has 35 heavy (non-hydrogen) atoms. The summed E-state index contributed by atoms with van der Waals surface area (Å²) in [7, 11) is 0. The number of fused-ring (bicyclic) bond motifs is 1. The molecule has 4 aromatic rings. The molecule has 1 aromatic heterocycles. The van der Waals surface area contributed by atoms with Gasteiger partial charge in [0, 0.05) is 17.6 Å². The van der Waals surface area contributed by atoms with Crippen molar-refractivity contribution in [1.82, 2.24) is 14.5 Å². The van der Waals surface area contributed by atoms with E-state index in [9.17, 15) is 4.79 Å². The maximum absolute atomic E-state index is 13.6. The van der Waals surface area contributed by atoms with E-state index < -0.39 is 0 Å². The Morgan fingerprint density at radius 1 is 1.00 bits per heavy atom. The van der Waals surface area contributed by atoms with Crippen LogP contribution in [0.3, 0.4) is 0 Å². The zero-order chi connectivity index (χ0) is 24.8. The highest BCUT2D eigenvalue weighted by atomic mass is 79.9. The number of imidazole rings is 1. The smallest absolute Gasteiger partial charge is 0.411 e. The molecular weight excluding hydrogens is 502 g/mol. The van der Waals surface area contributed by atoms with E-state index in [1.165, 1.54) is 0 Å². The van der Waals surface area contributed by atoms with Crippen LogP contribution in [0, 0.1) is 5.92 Å². The van der Waals surface area contributed by atoms with Crippen LogP contribution in [0.4, 0.5) is 4.79 Å². The van der Waals surface area contributed by atoms with E-state index in [0.717, 1.165) is 45.4 Å². The number of halogens is 1. The number of carbonyl (C=O) groups excluding carboxylic acids is 1. The van der Waals surface area contributed by atoms with E-state index in [4.69, 9.17) is 9.72 Å². The molecule has 0 saturated heterocycles. The number of carbonyl (C=O) groups is 1. The van der Waals surface area contributed by atoms with Gasteiger partial charge in [-0.2, -0.15) is 0 Å². The van der Waals surface area contributed by atoms with Gasteiger partial charge >= 0.3 is 6.09 Å². The first-order valence-corrected chi connectivity index (χ1v) is 12.9. The first kappa shape index (κ1) is 25.0. The molecule has 6 heteroatoms. The van der Waals surface area contributed by atoms with Gasteiger partial charge in [-0.25, -0.2) is 9.78 Å². The highest BCUT2D eigenvalue weighted by Gasteiger charge is 2.31. The zero-order valence-electron chi connectivity index (χ0n) is 20.5. The van der Waals surface area contributed by atoms with Crippen molar-refractivity contribution < 1.29 is 9.53 Å². The Bertz CT molecular complexity index is 1260. The molecule has 1 amide bonds. The van der Waals surface area contributed by atoms with Gasteiger partial charge in [-0.3, -0.25) is 4.90 Å². The van der Waals surface area contributed by atoms with Gasteiger partial charge < -0.3 is 9.30 Å². The number of aromatic nitrogens is 2. The van der Waals surface area contributed by atoms with Gasteiger partial charge in [0.05, 0.1) is 17.1 Å². The number of nitrogens with zero attached hydrogens (tertiary/aromatic N) is 3. The predicted octanol–water partition coefficient (Wildman–Crippen LogP) is 7.74. The minimum Gasteiger partial charge on any atom is -0.445 e. The molecule has 0 aliphatic heterocycles. The minimum absolute atomic E-state index is 0.232. The molecule has 4 rings (SSSR count). The highest BCUT2D eigenvalue weighted by molar-refractivity contribution is 9.10. The van der Waals surface area contributed by atoms with Crippen molar-refractivity contribution in [2.24, 2.45) is 5.92 Å².